The first-order valence-corrected chi connectivity index (χ1v) is 5.22. The first kappa shape index (κ1) is 10.2. The molecule has 0 aliphatic rings. The number of aromatic nitrogens is 1. The second-order valence-electron chi connectivity index (χ2n) is 3.64. The molecule has 0 radical (unpaired) electrons. The van der Waals surface area contributed by atoms with Crippen LogP contribution in [0.2, 0.25) is 0 Å². The molecule has 0 amide bonds. The fourth-order valence-electron chi connectivity index (χ4n) is 2.01. The number of aryl methyl sites for hydroxylation is 1. The minimum atomic E-state index is 0.0838. The van der Waals surface area contributed by atoms with Gasteiger partial charge in [0.05, 0.1) is 6.61 Å². The van der Waals surface area contributed by atoms with Crippen molar-refractivity contribution in [3.05, 3.63) is 35.5 Å². The molecule has 2 rings (SSSR count). The summed E-state index contributed by atoms with van der Waals surface area (Å²) in [6.45, 7) is 3.60. The number of aliphatic hydroxyl groups is 1. The molecule has 0 bridgehead atoms. The van der Waals surface area contributed by atoms with E-state index in [2.05, 4.69) is 23.6 Å². The zero-order valence-electron chi connectivity index (χ0n) is 8.90. The van der Waals surface area contributed by atoms with Crippen molar-refractivity contribution < 1.29 is 5.11 Å². The van der Waals surface area contributed by atoms with Crippen LogP contribution in [0.1, 0.15) is 18.2 Å². The van der Waals surface area contributed by atoms with Gasteiger partial charge in [0.25, 0.3) is 0 Å². The highest BCUT2D eigenvalue weighted by atomic mass is 16.3. The second kappa shape index (κ2) is 4.04. The van der Waals surface area contributed by atoms with Gasteiger partial charge >= 0.3 is 0 Å². The molecule has 3 heteroatoms. The topological polar surface area (TPSA) is 51.2 Å². The molecule has 80 valence electrons. The molecule has 1 heterocycles. The van der Waals surface area contributed by atoms with E-state index in [-0.39, 0.29) is 6.61 Å². The third-order valence-corrected chi connectivity index (χ3v) is 2.77. The average Bonchev–Trinajstić information content (AvgIpc) is 2.65. The molecule has 0 spiro atoms. The molecule has 0 atom stereocenters. The number of hydrogen-bond donors (Lipinski definition) is 2. The minimum absolute atomic E-state index is 0.0838. The van der Waals surface area contributed by atoms with Crippen molar-refractivity contribution in [1.29, 1.82) is 0 Å². The van der Waals surface area contributed by atoms with Crippen LogP contribution in [0.25, 0.3) is 10.9 Å². The van der Waals surface area contributed by atoms with Gasteiger partial charge in [-0.05, 0) is 30.7 Å². The lowest BCUT2D eigenvalue weighted by Crippen LogP contribution is -2.00. The van der Waals surface area contributed by atoms with E-state index < -0.39 is 0 Å². The van der Waals surface area contributed by atoms with Crippen LogP contribution in [0, 0.1) is 0 Å². The SMILES string of the molecule is CCn1c(CO)cc2cc(CN)ccc21. The quantitative estimate of drug-likeness (QED) is 0.798. The molecule has 0 unspecified atom stereocenters. The van der Waals surface area contributed by atoms with Crippen molar-refractivity contribution in [2.75, 3.05) is 0 Å². The van der Waals surface area contributed by atoms with Gasteiger partial charge in [-0.15, -0.1) is 0 Å². The molecule has 2 aromatic rings. The number of fused-ring (bicyclic) bond motifs is 1. The molecule has 0 saturated carbocycles. The standard InChI is InChI=1S/C12H16N2O/c1-2-14-11(8-15)6-10-5-9(7-13)3-4-12(10)14/h3-6,15H,2,7-8,13H2,1H3. The van der Waals surface area contributed by atoms with E-state index in [1.54, 1.807) is 0 Å². The normalized spacial score (nSPS) is 11.1. The van der Waals surface area contributed by atoms with Gasteiger partial charge in [0, 0.05) is 29.7 Å². The van der Waals surface area contributed by atoms with E-state index in [1.165, 1.54) is 5.52 Å². The Morgan fingerprint density at radius 2 is 2.13 bits per heavy atom. The fraction of sp³-hybridized carbons (Fsp3) is 0.333. The highest BCUT2D eigenvalue weighted by molar-refractivity contribution is 5.82. The lowest BCUT2D eigenvalue weighted by molar-refractivity contribution is 0.272. The molecule has 3 N–H and O–H groups in total. The summed E-state index contributed by atoms with van der Waals surface area (Å²) in [7, 11) is 0. The maximum atomic E-state index is 9.23. The highest BCUT2D eigenvalue weighted by Crippen LogP contribution is 2.21. The largest absolute Gasteiger partial charge is 0.390 e. The van der Waals surface area contributed by atoms with E-state index in [9.17, 15) is 5.11 Å². The zero-order valence-corrected chi connectivity index (χ0v) is 8.90. The van der Waals surface area contributed by atoms with Crippen molar-refractivity contribution in [3.63, 3.8) is 0 Å². The average molecular weight is 204 g/mol. The summed E-state index contributed by atoms with van der Waals surface area (Å²) in [6, 6.07) is 8.22. The summed E-state index contributed by atoms with van der Waals surface area (Å²) in [5, 5.41) is 10.4. The van der Waals surface area contributed by atoms with Gasteiger partial charge < -0.3 is 15.4 Å². The summed E-state index contributed by atoms with van der Waals surface area (Å²) in [5.74, 6) is 0. The lowest BCUT2D eigenvalue weighted by Gasteiger charge is -2.05. The van der Waals surface area contributed by atoms with Gasteiger partial charge in [-0.25, -0.2) is 0 Å². The number of rotatable bonds is 3. The molecular weight excluding hydrogens is 188 g/mol. The van der Waals surface area contributed by atoms with Crippen LogP contribution in [0.3, 0.4) is 0 Å². The first-order valence-electron chi connectivity index (χ1n) is 5.22. The molecule has 1 aromatic carbocycles. The highest BCUT2D eigenvalue weighted by Gasteiger charge is 2.06. The first-order chi connectivity index (χ1) is 7.30. The van der Waals surface area contributed by atoms with Crippen molar-refractivity contribution >= 4 is 10.9 Å². The van der Waals surface area contributed by atoms with Gasteiger partial charge in [0.1, 0.15) is 0 Å². The Bertz CT molecular complexity index is 474. The summed E-state index contributed by atoms with van der Waals surface area (Å²) in [4.78, 5) is 0. The second-order valence-corrected chi connectivity index (χ2v) is 3.64. The van der Waals surface area contributed by atoms with E-state index in [0.717, 1.165) is 23.2 Å². The Morgan fingerprint density at radius 3 is 2.73 bits per heavy atom. The van der Waals surface area contributed by atoms with Crippen LogP contribution in [-0.2, 0) is 19.7 Å². The van der Waals surface area contributed by atoms with Gasteiger partial charge in [0.15, 0.2) is 0 Å². The van der Waals surface area contributed by atoms with Crippen molar-refractivity contribution in [3.8, 4) is 0 Å². The summed E-state index contributed by atoms with van der Waals surface area (Å²) in [6.07, 6.45) is 0. The van der Waals surface area contributed by atoms with E-state index in [4.69, 9.17) is 5.73 Å². The Balaban J connectivity index is 2.65. The van der Waals surface area contributed by atoms with Crippen molar-refractivity contribution in [2.24, 2.45) is 5.73 Å². The summed E-state index contributed by atoms with van der Waals surface area (Å²) in [5.41, 5.74) is 8.85. The Morgan fingerprint density at radius 1 is 1.33 bits per heavy atom. The fourth-order valence-corrected chi connectivity index (χ4v) is 2.01. The van der Waals surface area contributed by atoms with E-state index in [1.807, 2.05) is 12.1 Å². The third-order valence-electron chi connectivity index (χ3n) is 2.77. The molecule has 0 aliphatic carbocycles. The van der Waals surface area contributed by atoms with Gasteiger partial charge in [-0.3, -0.25) is 0 Å². The number of hydrogen-bond acceptors (Lipinski definition) is 2. The predicted molar refractivity (Wildman–Crippen MR) is 61.4 cm³/mol. The van der Waals surface area contributed by atoms with Gasteiger partial charge in [0.2, 0.25) is 0 Å². The Labute approximate surface area is 89.1 Å². The Hall–Kier alpha value is -1.32. The van der Waals surface area contributed by atoms with Gasteiger partial charge in [-0.1, -0.05) is 6.07 Å². The molecule has 0 fully saturated rings. The van der Waals surface area contributed by atoms with Crippen LogP contribution in [0.5, 0.6) is 0 Å². The zero-order chi connectivity index (χ0) is 10.8. The maximum Gasteiger partial charge on any atom is 0.0833 e. The molecular formula is C12H16N2O. The van der Waals surface area contributed by atoms with Crippen molar-refractivity contribution in [2.45, 2.75) is 26.6 Å². The number of nitrogens with two attached hydrogens (primary N) is 1. The van der Waals surface area contributed by atoms with Gasteiger partial charge in [-0.2, -0.15) is 0 Å². The molecule has 0 saturated heterocycles. The molecule has 3 nitrogen and oxygen atoms in total. The third kappa shape index (κ3) is 1.64. The summed E-state index contributed by atoms with van der Waals surface area (Å²) < 4.78 is 2.12. The maximum absolute atomic E-state index is 9.23. The van der Waals surface area contributed by atoms with E-state index in [0.29, 0.717) is 6.54 Å². The lowest BCUT2D eigenvalue weighted by atomic mass is 10.1. The Kier molecular flexibility index (Phi) is 2.75. The van der Waals surface area contributed by atoms with Crippen molar-refractivity contribution in [1.82, 2.24) is 4.57 Å². The predicted octanol–water partition coefficient (Wildman–Crippen LogP) is 1.61. The minimum Gasteiger partial charge on any atom is -0.390 e. The van der Waals surface area contributed by atoms with Crippen LogP contribution in [0.15, 0.2) is 24.3 Å². The van der Waals surface area contributed by atoms with Crippen LogP contribution in [0.4, 0.5) is 0 Å². The monoisotopic (exact) mass is 204 g/mol. The number of nitrogens with zero attached hydrogens (tertiary/aromatic N) is 1. The summed E-state index contributed by atoms with van der Waals surface area (Å²) >= 11 is 0. The number of benzene rings is 1. The van der Waals surface area contributed by atoms with Crippen LogP contribution in [-0.4, -0.2) is 9.67 Å². The molecule has 15 heavy (non-hydrogen) atoms. The molecule has 1 aromatic heterocycles. The van der Waals surface area contributed by atoms with E-state index >= 15 is 0 Å². The van der Waals surface area contributed by atoms with Crippen LogP contribution >= 0.6 is 0 Å². The van der Waals surface area contributed by atoms with Crippen LogP contribution < -0.4 is 5.73 Å². The smallest absolute Gasteiger partial charge is 0.0833 e. The molecule has 0 aliphatic heterocycles. The number of aliphatic hydroxyl groups excluding tert-OH is 1.